The lowest BCUT2D eigenvalue weighted by molar-refractivity contribution is 0.0934. The minimum Gasteiger partial charge on any atom is -0.352 e. The van der Waals surface area contributed by atoms with Crippen molar-refractivity contribution in [1.82, 2.24) is 20.4 Å². The van der Waals surface area contributed by atoms with Crippen LogP contribution >= 0.6 is 31.9 Å². The summed E-state index contributed by atoms with van der Waals surface area (Å²) in [7, 11) is 0. The lowest BCUT2D eigenvalue weighted by Gasteiger charge is -2.34. The molecule has 8 heteroatoms. The normalized spacial score (nSPS) is 14.8. The number of benzene rings is 2. The molecule has 1 saturated heterocycles. The van der Waals surface area contributed by atoms with Gasteiger partial charge in [0.2, 0.25) is 0 Å². The highest BCUT2D eigenvalue weighted by Crippen LogP contribution is 2.16. The Bertz CT molecular complexity index is 828. The van der Waals surface area contributed by atoms with Crippen LogP contribution in [0.3, 0.4) is 0 Å². The summed E-state index contributed by atoms with van der Waals surface area (Å²) in [6.07, 6.45) is 1.88. The second-order valence-corrected chi connectivity index (χ2v) is 9.57. The molecule has 6 nitrogen and oxygen atoms in total. The smallest absolute Gasteiger partial charge is 0.252 e. The number of hydrogen-bond acceptors (Lipinski definition) is 4. The van der Waals surface area contributed by atoms with Crippen molar-refractivity contribution < 1.29 is 9.59 Å². The third kappa shape index (κ3) is 7.69. The first-order valence-corrected chi connectivity index (χ1v) is 12.6. The first-order valence-electron chi connectivity index (χ1n) is 11.0. The summed E-state index contributed by atoms with van der Waals surface area (Å²) in [5, 5.41) is 6.01. The number of halogens is 2. The molecule has 1 heterocycles. The molecule has 0 saturated carbocycles. The SMILES string of the molecule is O=C(NCCCN1CCN(CCCNC(=O)c2ccccc2Br)CC1)c1ccccc1Br. The quantitative estimate of drug-likeness (QED) is 0.430. The second-order valence-electron chi connectivity index (χ2n) is 7.86. The maximum absolute atomic E-state index is 12.2. The number of rotatable bonds is 10. The van der Waals surface area contributed by atoms with Crippen molar-refractivity contribution in [3.8, 4) is 0 Å². The van der Waals surface area contributed by atoms with E-state index in [1.165, 1.54) is 0 Å². The highest BCUT2D eigenvalue weighted by Gasteiger charge is 2.16. The van der Waals surface area contributed by atoms with E-state index < -0.39 is 0 Å². The van der Waals surface area contributed by atoms with Crippen LogP contribution in [0.25, 0.3) is 0 Å². The van der Waals surface area contributed by atoms with Gasteiger partial charge >= 0.3 is 0 Å². The van der Waals surface area contributed by atoms with Crippen molar-refractivity contribution in [3.63, 3.8) is 0 Å². The van der Waals surface area contributed by atoms with Crippen molar-refractivity contribution in [2.45, 2.75) is 12.8 Å². The van der Waals surface area contributed by atoms with Gasteiger partial charge in [0, 0.05) is 48.2 Å². The summed E-state index contributed by atoms with van der Waals surface area (Å²) < 4.78 is 1.64. The van der Waals surface area contributed by atoms with Gasteiger partial charge in [-0.05, 0) is 82.1 Å². The third-order valence-electron chi connectivity index (χ3n) is 5.58. The third-order valence-corrected chi connectivity index (χ3v) is 6.96. The zero-order chi connectivity index (χ0) is 22.8. The minimum atomic E-state index is -0.0333. The maximum Gasteiger partial charge on any atom is 0.252 e. The van der Waals surface area contributed by atoms with Crippen molar-refractivity contribution in [2.75, 3.05) is 52.4 Å². The Hall–Kier alpha value is -1.74. The van der Waals surface area contributed by atoms with E-state index in [2.05, 4.69) is 52.3 Å². The van der Waals surface area contributed by atoms with E-state index in [0.717, 1.165) is 61.1 Å². The summed E-state index contributed by atoms with van der Waals surface area (Å²) in [6.45, 7) is 7.51. The van der Waals surface area contributed by atoms with Gasteiger partial charge in [-0.25, -0.2) is 0 Å². The Balaban J connectivity index is 1.24. The van der Waals surface area contributed by atoms with Crippen LogP contribution in [0.2, 0.25) is 0 Å². The number of hydrogen-bond donors (Lipinski definition) is 2. The molecule has 0 atom stereocenters. The van der Waals surface area contributed by atoms with E-state index in [1.807, 2.05) is 48.5 Å². The number of piperazine rings is 1. The average Bonchev–Trinajstić information content (AvgIpc) is 2.80. The predicted octanol–water partition coefficient (Wildman–Crippen LogP) is 3.77. The summed E-state index contributed by atoms with van der Waals surface area (Å²) in [6, 6.07) is 15.0. The first-order chi connectivity index (χ1) is 15.5. The fraction of sp³-hybridized carbons (Fsp3) is 0.417. The molecule has 0 aromatic heterocycles. The molecular formula is C24H30Br2N4O2. The molecule has 172 valence electrons. The summed E-state index contributed by atoms with van der Waals surface area (Å²) in [5.41, 5.74) is 1.35. The molecule has 0 unspecified atom stereocenters. The van der Waals surface area contributed by atoms with Gasteiger partial charge in [0.1, 0.15) is 0 Å². The summed E-state index contributed by atoms with van der Waals surface area (Å²) in [4.78, 5) is 29.4. The van der Waals surface area contributed by atoms with Crippen LogP contribution in [-0.2, 0) is 0 Å². The Labute approximate surface area is 207 Å². The van der Waals surface area contributed by atoms with E-state index >= 15 is 0 Å². The summed E-state index contributed by atoms with van der Waals surface area (Å²) in [5.74, 6) is -0.0667. The molecular weight excluding hydrogens is 536 g/mol. The molecule has 3 rings (SSSR count). The molecule has 1 aliphatic heterocycles. The van der Waals surface area contributed by atoms with Gasteiger partial charge in [0.15, 0.2) is 0 Å². The Morgan fingerprint density at radius 3 is 1.44 bits per heavy atom. The predicted molar refractivity (Wildman–Crippen MR) is 135 cm³/mol. The highest BCUT2D eigenvalue weighted by atomic mass is 79.9. The number of amides is 2. The lowest BCUT2D eigenvalue weighted by Crippen LogP contribution is -2.47. The van der Waals surface area contributed by atoms with Gasteiger partial charge in [-0.15, -0.1) is 0 Å². The molecule has 0 spiro atoms. The van der Waals surface area contributed by atoms with Gasteiger partial charge in [0.05, 0.1) is 11.1 Å². The Morgan fingerprint density at radius 2 is 1.06 bits per heavy atom. The zero-order valence-electron chi connectivity index (χ0n) is 18.2. The van der Waals surface area contributed by atoms with E-state index in [-0.39, 0.29) is 11.8 Å². The molecule has 0 aliphatic carbocycles. The van der Waals surface area contributed by atoms with Gasteiger partial charge in [0.25, 0.3) is 11.8 Å². The number of nitrogens with zero attached hydrogens (tertiary/aromatic N) is 2. The summed E-state index contributed by atoms with van der Waals surface area (Å²) >= 11 is 6.84. The largest absolute Gasteiger partial charge is 0.352 e. The fourth-order valence-electron chi connectivity index (χ4n) is 3.73. The topological polar surface area (TPSA) is 64.7 Å². The molecule has 32 heavy (non-hydrogen) atoms. The molecule has 1 aliphatic rings. The van der Waals surface area contributed by atoms with Crippen molar-refractivity contribution >= 4 is 43.7 Å². The number of carbonyl (C=O) groups excluding carboxylic acids is 2. The molecule has 2 aromatic carbocycles. The van der Waals surface area contributed by atoms with Crippen LogP contribution in [0.5, 0.6) is 0 Å². The van der Waals surface area contributed by atoms with Gasteiger partial charge in [-0.3, -0.25) is 9.59 Å². The highest BCUT2D eigenvalue weighted by molar-refractivity contribution is 9.10. The van der Waals surface area contributed by atoms with Gasteiger partial charge < -0.3 is 20.4 Å². The van der Waals surface area contributed by atoms with Crippen LogP contribution < -0.4 is 10.6 Å². The first kappa shape index (κ1) is 24.9. The van der Waals surface area contributed by atoms with Crippen LogP contribution in [0.15, 0.2) is 57.5 Å². The fourth-order valence-corrected chi connectivity index (χ4v) is 4.66. The van der Waals surface area contributed by atoms with Crippen LogP contribution in [0.1, 0.15) is 33.6 Å². The minimum absolute atomic E-state index is 0.0333. The molecule has 2 aromatic rings. The number of carbonyl (C=O) groups is 2. The van der Waals surface area contributed by atoms with Crippen molar-refractivity contribution in [3.05, 3.63) is 68.6 Å². The van der Waals surface area contributed by atoms with Crippen molar-refractivity contribution in [2.24, 2.45) is 0 Å². The average molecular weight is 566 g/mol. The van der Waals surface area contributed by atoms with E-state index in [9.17, 15) is 9.59 Å². The van der Waals surface area contributed by atoms with Gasteiger partial charge in [-0.1, -0.05) is 24.3 Å². The maximum atomic E-state index is 12.2. The van der Waals surface area contributed by atoms with Gasteiger partial charge in [-0.2, -0.15) is 0 Å². The van der Waals surface area contributed by atoms with E-state index in [1.54, 1.807) is 0 Å². The Morgan fingerprint density at radius 1 is 0.688 bits per heavy atom. The van der Waals surface area contributed by atoms with Crippen LogP contribution in [-0.4, -0.2) is 74.0 Å². The molecule has 0 bridgehead atoms. The van der Waals surface area contributed by atoms with Crippen molar-refractivity contribution in [1.29, 1.82) is 0 Å². The zero-order valence-corrected chi connectivity index (χ0v) is 21.3. The molecule has 2 N–H and O–H groups in total. The van der Waals surface area contributed by atoms with Crippen LogP contribution in [0.4, 0.5) is 0 Å². The molecule has 1 fully saturated rings. The Kier molecular flexibility index (Phi) is 10.2. The molecule has 0 radical (unpaired) electrons. The van der Waals surface area contributed by atoms with Crippen LogP contribution in [0, 0.1) is 0 Å². The number of nitrogens with one attached hydrogen (secondary N) is 2. The molecule has 2 amide bonds. The van der Waals surface area contributed by atoms with E-state index in [0.29, 0.717) is 24.2 Å². The lowest BCUT2D eigenvalue weighted by atomic mass is 10.2. The standard InChI is InChI=1S/C24H30Br2N4O2/c25-21-9-3-1-7-19(21)23(31)27-11-5-13-29-15-17-30(18-16-29)14-6-12-28-24(32)20-8-2-4-10-22(20)26/h1-4,7-10H,5-6,11-18H2,(H,27,31)(H,28,32). The monoisotopic (exact) mass is 564 g/mol. The second kappa shape index (κ2) is 13.1. The van der Waals surface area contributed by atoms with E-state index in [4.69, 9.17) is 0 Å².